The van der Waals surface area contributed by atoms with Crippen molar-refractivity contribution in [2.24, 2.45) is 0 Å². The molecular formula is C13H27NO3. The maximum absolute atomic E-state index is 9.92. The highest BCUT2D eigenvalue weighted by molar-refractivity contribution is 4.81. The van der Waals surface area contributed by atoms with Crippen LogP contribution in [0.3, 0.4) is 0 Å². The minimum absolute atomic E-state index is 0.136. The zero-order valence-electron chi connectivity index (χ0n) is 11.2. The predicted octanol–water partition coefficient (Wildman–Crippen LogP) is 1.27. The van der Waals surface area contributed by atoms with Gasteiger partial charge in [0, 0.05) is 26.3 Å². The van der Waals surface area contributed by atoms with Crippen LogP contribution in [0.5, 0.6) is 0 Å². The number of hydrogen-bond donors (Lipinski definition) is 1. The Balaban J connectivity index is 2.05. The van der Waals surface area contributed by atoms with Crippen LogP contribution in [0.15, 0.2) is 0 Å². The zero-order valence-corrected chi connectivity index (χ0v) is 11.2. The lowest BCUT2D eigenvalue weighted by atomic mass is 9.91. The molecule has 0 spiro atoms. The van der Waals surface area contributed by atoms with Gasteiger partial charge >= 0.3 is 0 Å². The molecule has 1 saturated carbocycles. The Bertz CT molecular complexity index is 190. The summed E-state index contributed by atoms with van der Waals surface area (Å²) in [5, 5.41) is 9.92. The molecule has 17 heavy (non-hydrogen) atoms. The normalized spacial score (nSPS) is 25.4. The van der Waals surface area contributed by atoms with Gasteiger partial charge in [-0.1, -0.05) is 12.8 Å². The molecule has 4 nitrogen and oxygen atoms in total. The average molecular weight is 245 g/mol. The molecule has 1 aliphatic carbocycles. The highest BCUT2D eigenvalue weighted by Crippen LogP contribution is 2.22. The minimum Gasteiger partial charge on any atom is -0.391 e. The molecule has 1 fully saturated rings. The molecule has 1 aliphatic rings. The van der Waals surface area contributed by atoms with Gasteiger partial charge in [-0.15, -0.1) is 0 Å². The van der Waals surface area contributed by atoms with Gasteiger partial charge in [-0.2, -0.15) is 0 Å². The van der Waals surface area contributed by atoms with Gasteiger partial charge in [-0.25, -0.2) is 0 Å². The Labute approximate surface area is 105 Å². The van der Waals surface area contributed by atoms with E-state index in [0.29, 0.717) is 19.3 Å². The van der Waals surface area contributed by atoms with E-state index in [1.807, 2.05) is 0 Å². The molecule has 0 aromatic carbocycles. The van der Waals surface area contributed by atoms with Crippen molar-refractivity contribution >= 4 is 0 Å². The maximum Gasteiger partial charge on any atom is 0.0700 e. The summed E-state index contributed by atoms with van der Waals surface area (Å²) in [5.41, 5.74) is 0. The first-order valence-electron chi connectivity index (χ1n) is 6.70. The molecule has 0 saturated heterocycles. The van der Waals surface area contributed by atoms with Crippen LogP contribution < -0.4 is 0 Å². The van der Waals surface area contributed by atoms with Gasteiger partial charge in [-0.05, 0) is 26.3 Å². The second-order valence-corrected chi connectivity index (χ2v) is 4.86. The summed E-state index contributed by atoms with van der Waals surface area (Å²) in [6.07, 6.45) is 5.38. The van der Waals surface area contributed by atoms with Crippen LogP contribution in [0, 0.1) is 0 Å². The smallest absolute Gasteiger partial charge is 0.0700 e. The topological polar surface area (TPSA) is 41.9 Å². The first-order chi connectivity index (χ1) is 8.25. The summed E-state index contributed by atoms with van der Waals surface area (Å²) >= 11 is 0. The SMILES string of the molecule is COCCOCCCN(C)C1CCCCC1O. The van der Waals surface area contributed by atoms with Crippen molar-refractivity contribution in [3.63, 3.8) is 0 Å². The number of rotatable bonds is 8. The Kier molecular flexibility index (Phi) is 7.77. The fourth-order valence-electron chi connectivity index (χ4n) is 2.43. The summed E-state index contributed by atoms with van der Waals surface area (Å²) < 4.78 is 10.3. The Morgan fingerprint density at radius 1 is 1.18 bits per heavy atom. The molecule has 1 rings (SSSR count). The van der Waals surface area contributed by atoms with Crippen LogP contribution in [0.25, 0.3) is 0 Å². The lowest BCUT2D eigenvalue weighted by Gasteiger charge is -2.35. The van der Waals surface area contributed by atoms with Crippen molar-refractivity contribution in [1.29, 1.82) is 0 Å². The summed E-state index contributed by atoms with van der Waals surface area (Å²) in [5.74, 6) is 0. The molecule has 2 unspecified atom stereocenters. The maximum atomic E-state index is 9.92. The molecule has 1 N–H and O–H groups in total. The Morgan fingerprint density at radius 3 is 2.65 bits per heavy atom. The molecule has 0 amide bonds. The molecule has 0 aromatic heterocycles. The first-order valence-corrected chi connectivity index (χ1v) is 6.70. The van der Waals surface area contributed by atoms with Gasteiger partial charge in [0.25, 0.3) is 0 Å². The third kappa shape index (κ3) is 5.82. The quantitative estimate of drug-likeness (QED) is 0.654. The number of aliphatic hydroxyl groups is 1. The van der Waals surface area contributed by atoms with E-state index in [1.54, 1.807) is 7.11 Å². The number of aliphatic hydroxyl groups excluding tert-OH is 1. The van der Waals surface area contributed by atoms with Crippen molar-refractivity contribution in [3.05, 3.63) is 0 Å². The summed E-state index contributed by atoms with van der Waals surface area (Å²) in [6, 6.07) is 0.350. The third-order valence-electron chi connectivity index (χ3n) is 3.49. The molecule has 2 atom stereocenters. The van der Waals surface area contributed by atoms with E-state index in [-0.39, 0.29) is 6.10 Å². The van der Waals surface area contributed by atoms with Crippen molar-refractivity contribution in [2.45, 2.75) is 44.2 Å². The summed E-state index contributed by atoms with van der Waals surface area (Å²) in [4.78, 5) is 2.28. The Morgan fingerprint density at radius 2 is 1.94 bits per heavy atom. The number of methoxy groups -OCH3 is 1. The second-order valence-electron chi connectivity index (χ2n) is 4.86. The summed E-state index contributed by atoms with van der Waals surface area (Å²) in [7, 11) is 3.79. The van der Waals surface area contributed by atoms with Crippen molar-refractivity contribution in [1.82, 2.24) is 4.90 Å². The van der Waals surface area contributed by atoms with Crippen LogP contribution in [-0.2, 0) is 9.47 Å². The number of hydrogen-bond acceptors (Lipinski definition) is 4. The molecular weight excluding hydrogens is 218 g/mol. The molecule has 0 radical (unpaired) electrons. The standard InChI is InChI=1S/C13H27NO3/c1-14(8-5-9-17-11-10-16-2)12-6-3-4-7-13(12)15/h12-13,15H,3-11H2,1-2H3. The van der Waals surface area contributed by atoms with Crippen LogP contribution in [0.2, 0.25) is 0 Å². The minimum atomic E-state index is -0.136. The van der Waals surface area contributed by atoms with E-state index in [2.05, 4.69) is 11.9 Å². The van der Waals surface area contributed by atoms with E-state index >= 15 is 0 Å². The number of ether oxygens (including phenoxy) is 2. The predicted molar refractivity (Wildman–Crippen MR) is 68.2 cm³/mol. The molecule has 0 aliphatic heterocycles. The monoisotopic (exact) mass is 245 g/mol. The van der Waals surface area contributed by atoms with Gasteiger partial charge in [-0.3, -0.25) is 0 Å². The number of nitrogens with zero attached hydrogens (tertiary/aromatic N) is 1. The van der Waals surface area contributed by atoms with Crippen molar-refractivity contribution in [2.75, 3.05) is 40.5 Å². The van der Waals surface area contributed by atoms with E-state index in [4.69, 9.17) is 9.47 Å². The van der Waals surface area contributed by atoms with E-state index in [1.165, 1.54) is 12.8 Å². The Hall–Kier alpha value is -0.160. The van der Waals surface area contributed by atoms with Gasteiger partial charge < -0.3 is 19.5 Å². The highest BCUT2D eigenvalue weighted by Gasteiger charge is 2.25. The van der Waals surface area contributed by atoms with Gasteiger partial charge in [0.15, 0.2) is 0 Å². The lowest BCUT2D eigenvalue weighted by molar-refractivity contribution is 0.0239. The fourth-order valence-corrected chi connectivity index (χ4v) is 2.43. The van der Waals surface area contributed by atoms with Crippen LogP contribution in [-0.4, -0.2) is 62.7 Å². The molecule has 102 valence electrons. The lowest BCUT2D eigenvalue weighted by Crippen LogP contribution is -2.43. The number of likely N-dealkylation sites (N-methyl/N-ethyl adjacent to an activating group) is 1. The van der Waals surface area contributed by atoms with Crippen LogP contribution in [0.1, 0.15) is 32.1 Å². The molecule has 4 heteroatoms. The average Bonchev–Trinajstić information content (AvgIpc) is 2.34. The van der Waals surface area contributed by atoms with Gasteiger partial charge in [0.1, 0.15) is 0 Å². The largest absolute Gasteiger partial charge is 0.391 e. The molecule has 0 aromatic rings. The third-order valence-corrected chi connectivity index (χ3v) is 3.49. The van der Waals surface area contributed by atoms with Gasteiger partial charge in [0.05, 0.1) is 19.3 Å². The molecule has 0 heterocycles. The molecule has 0 bridgehead atoms. The van der Waals surface area contributed by atoms with Gasteiger partial charge in [0.2, 0.25) is 0 Å². The van der Waals surface area contributed by atoms with Crippen LogP contribution >= 0.6 is 0 Å². The van der Waals surface area contributed by atoms with Crippen LogP contribution in [0.4, 0.5) is 0 Å². The van der Waals surface area contributed by atoms with Crippen molar-refractivity contribution < 1.29 is 14.6 Å². The van der Waals surface area contributed by atoms with E-state index in [9.17, 15) is 5.11 Å². The second kappa shape index (κ2) is 8.86. The first kappa shape index (κ1) is 14.9. The van der Waals surface area contributed by atoms with Crippen molar-refractivity contribution in [3.8, 4) is 0 Å². The zero-order chi connectivity index (χ0) is 12.5. The van der Waals surface area contributed by atoms with E-state index < -0.39 is 0 Å². The highest BCUT2D eigenvalue weighted by atomic mass is 16.5. The fraction of sp³-hybridized carbons (Fsp3) is 1.00. The van der Waals surface area contributed by atoms with E-state index in [0.717, 1.165) is 32.4 Å². The summed E-state index contributed by atoms with van der Waals surface area (Å²) in [6.45, 7) is 3.11.